The Morgan fingerprint density at radius 3 is 2.78 bits per heavy atom. The summed E-state index contributed by atoms with van der Waals surface area (Å²) >= 11 is 0. The van der Waals surface area contributed by atoms with Crippen LogP contribution in [-0.4, -0.2) is 56.3 Å². The summed E-state index contributed by atoms with van der Waals surface area (Å²) in [4.78, 5) is 34.3. The van der Waals surface area contributed by atoms with E-state index in [1.54, 1.807) is 17.1 Å². The van der Waals surface area contributed by atoms with Gasteiger partial charge in [0.1, 0.15) is 5.69 Å². The molecule has 0 spiro atoms. The Hall–Kier alpha value is -1.85. The number of likely N-dealkylation sites (tertiary alicyclic amines) is 1. The van der Waals surface area contributed by atoms with Crippen LogP contribution in [0.15, 0.2) is 12.5 Å². The van der Waals surface area contributed by atoms with Crippen molar-refractivity contribution in [3.63, 3.8) is 0 Å². The molecule has 0 radical (unpaired) electrons. The Balaban J connectivity index is 1.59. The zero-order valence-corrected chi connectivity index (χ0v) is 16.8. The number of rotatable bonds is 4. The van der Waals surface area contributed by atoms with Gasteiger partial charge < -0.3 is 14.4 Å². The molecule has 2 bridgehead atoms. The van der Waals surface area contributed by atoms with Crippen LogP contribution >= 0.6 is 0 Å². The molecular weight excluding hydrogens is 340 g/mol. The molecule has 0 saturated carbocycles. The molecule has 4 heterocycles. The lowest BCUT2D eigenvalue weighted by Crippen LogP contribution is -2.65. The Kier molecular flexibility index (Phi) is 4.99. The number of imidazole rings is 1. The fourth-order valence-corrected chi connectivity index (χ4v) is 5.54. The van der Waals surface area contributed by atoms with Gasteiger partial charge in [-0.15, -0.1) is 0 Å². The quantitative estimate of drug-likeness (QED) is 0.816. The van der Waals surface area contributed by atoms with Crippen molar-refractivity contribution >= 4 is 11.8 Å². The minimum absolute atomic E-state index is 0.0860. The second-order valence-electron chi connectivity index (χ2n) is 9.15. The van der Waals surface area contributed by atoms with Gasteiger partial charge in [0.05, 0.1) is 12.5 Å². The largest absolute Gasteiger partial charge is 0.337 e. The number of fused-ring (bicyclic) bond motifs is 4. The molecule has 3 fully saturated rings. The third-order valence-electron chi connectivity index (χ3n) is 6.86. The zero-order valence-electron chi connectivity index (χ0n) is 16.8. The number of carbonyl (C=O) groups is 2. The molecule has 3 aliphatic rings. The molecule has 0 unspecified atom stereocenters. The van der Waals surface area contributed by atoms with E-state index in [2.05, 4.69) is 23.7 Å². The molecule has 6 heteroatoms. The summed E-state index contributed by atoms with van der Waals surface area (Å²) in [6.45, 7) is 6.03. The first kappa shape index (κ1) is 18.5. The fourth-order valence-electron chi connectivity index (χ4n) is 5.54. The van der Waals surface area contributed by atoms with Crippen LogP contribution in [-0.2, 0) is 11.8 Å². The molecule has 0 aromatic carbocycles. The van der Waals surface area contributed by atoms with Crippen LogP contribution in [0.25, 0.3) is 0 Å². The molecule has 27 heavy (non-hydrogen) atoms. The first-order chi connectivity index (χ1) is 13.0. The highest BCUT2D eigenvalue weighted by Gasteiger charge is 2.49. The van der Waals surface area contributed by atoms with E-state index in [4.69, 9.17) is 0 Å². The normalized spacial score (nSPS) is 30.6. The fraction of sp³-hybridized carbons (Fsp3) is 0.762. The van der Waals surface area contributed by atoms with Gasteiger partial charge in [0.15, 0.2) is 0 Å². The number of amides is 2. The lowest BCUT2D eigenvalue weighted by Gasteiger charge is -2.56. The van der Waals surface area contributed by atoms with E-state index in [0.717, 1.165) is 45.2 Å². The molecular formula is C21H32N4O2. The van der Waals surface area contributed by atoms with Gasteiger partial charge in [-0.25, -0.2) is 4.98 Å². The Bertz CT molecular complexity index is 713. The minimum atomic E-state index is 0.0860. The highest BCUT2D eigenvalue weighted by Crippen LogP contribution is 2.43. The highest BCUT2D eigenvalue weighted by atomic mass is 16.2. The Labute approximate surface area is 161 Å². The van der Waals surface area contributed by atoms with E-state index in [0.29, 0.717) is 47.9 Å². The highest BCUT2D eigenvalue weighted by molar-refractivity contribution is 5.92. The Morgan fingerprint density at radius 1 is 1.30 bits per heavy atom. The first-order valence-electron chi connectivity index (χ1n) is 10.5. The van der Waals surface area contributed by atoms with Crippen molar-refractivity contribution < 1.29 is 9.59 Å². The van der Waals surface area contributed by atoms with Crippen molar-refractivity contribution in [3.8, 4) is 0 Å². The third kappa shape index (κ3) is 3.39. The lowest BCUT2D eigenvalue weighted by molar-refractivity contribution is -0.152. The number of piperidine rings is 3. The molecule has 148 valence electrons. The van der Waals surface area contributed by atoms with Crippen molar-refractivity contribution in [2.75, 3.05) is 13.1 Å². The number of nitrogens with zero attached hydrogens (tertiary/aromatic N) is 4. The predicted octanol–water partition coefficient (Wildman–Crippen LogP) is 2.70. The maximum absolute atomic E-state index is 13.1. The second-order valence-corrected chi connectivity index (χ2v) is 9.15. The van der Waals surface area contributed by atoms with Gasteiger partial charge in [-0.05, 0) is 49.9 Å². The Morgan fingerprint density at radius 2 is 2.07 bits per heavy atom. The van der Waals surface area contributed by atoms with Crippen LogP contribution in [0.4, 0.5) is 0 Å². The van der Waals surface area contributed by atoms with E-state index < -0.39 is 0 Å². The van der Waals surface area contributed by atoms with E-state index in [1.165, 1.54) is 0 Å². The molecule has 6 nitrogen and oxygen atoms in total. The summed E-state index contributed by atoms with van der Waals surface area (Å²) in [6, 6.07) is 0.616. The predicted molar refractivity (Wildman–Crippen MR) is 103 cm³/mol. The number of aromatic nitrogens is 2. The number of hydrogen-bond acceptors (Lipinski definition) is 3. The van der Waals surface area contributed by atoms with Crippen molar-refractivity contribution in [2.45, 2.75) is 64.5 Å². The molecule has 1 aromatic heterocycles. The van der Waals surface area contributed by atoms with E-state index in [1.807, 2.05) is 11.9 Å². The van der Waals surface area contributed by atoms with Crippen LogP contribution in [0.5, 0.6) is 0 Å². The van der Waals surface area contributed by atoms with Crippen LogP contribution in [0.1, 0.15) is 62.9 Å². The standard InChI is InChI=1S/C21H32N4O2/c1-14(2)7-8-18-16-9-15(17-5-4-6-20(26)25(17)18)11-24(12-16)21(27)19-10-22-13-23(19)3/h10,13-18H,4-9,11-12H2,1-3H3/t15-,16+,17+,18+/m1/s1. The van der Waals surface area contributed by atoms with Crippen LogP contribution in [0, 0.1) is 17.8 Å². The summed E-state index contributed by atoms with van der Waals surface area (Å²) in [5.41, 5.74) is 0.658. The second kappa shape index (κ2) is 7.28. The van der Waals surface area contributed by atoms with Crippen molar-refractivity contribution in [1.29, 1.82) is 0 Å². The van der Waals surface area contributed by atoms with E-state index in [-0.39, 0.29) is 5.91 Å². The minimum Gasteiger partial charge on any atom is -0.337 e. The maximum atomic E-state index is 13.1. The van der Waals surface area contributed by atoms with Gasteiger partial charge in [-0.1, -0.05) is 13.8 Å². The average Bonchev–Trinajstić information content (AvgIpc) is 3.07. The van der Waals surface area contributed by atoms with Gasteiger partial charge >= 0.3 is 0 Å². The molecule has 2 amide bonds. The zero-order chi connectivity index (χ0) is 19.1. The van der Waals surface area contributed by atoms with Gasteiger partial charge in [-0.2, -0.15) is 0 Å². The number of hydrogen-bond donors (Lipinski definition) is 0. The van der Waals surface area contributed by atoms with Gasteiger partial charge in [0, 0.05) is 38.6 Å². The summed E-state index contributed by atoms with van der Waals surface area (Å²) in [6.07, 6.45) is 9.49. The molecule has 4 atom stereocenters. The average molecular weight is 373 g/mol. The smallest absolute Gasteiger partial charge is 0.272 e. The topological polar surface area (TPSA) is 58.4 Å². The van der Waals surface area contributed by atoms with Crippen LogP contribution in [0.2, 0.25) is 0 Å². The van der Waals surface area contributed by atoms with Crippen molar-refractivity contribution in [3.05, 3.63) is 18.2 Å². The van der Waals surface area contributed by atoms with Crippen LogP contribution < -0.4 is 0 Å². The number of aryl methyl sites for hydroxylation is 1. The van der Waals surface area contributed by atoms with E-state index >= 15 is 0 Å². The van der Waals surface area contributed by atoms with Gasteiger partial charge in [0.25, 0.3) is 5.91 Å². The van der Waals surface area contributed by atoms with Crippen molar-refractivity contribution in [2.24, 2.45) is 24.8 Å². The summed E-state index contributed by atoms with van der Waals surface area (Å²) in [5.74, 6) is 1.89. The molecule has 1 aromatic rings. The van der Waals surface area contributed by atoms with Crippen molar-refractivity contribution in [1.82, 2.24) is 19.4 Å². The first-order valence-corrected chi connectivity index (χ1v) is 10.5. The molecule has 0 aliphatic carbocycles. The maximum Gasteiger partial charge on any atom is 0.272 e. The van der Waals surface area contributed by atoms with Gasteiger partial charge in [0.2, 0.25) is 5.91 Å². The molecule has 3 aliphatic heterocycles. The molecule has 0 N–H and O–H groups in total. The number of carbonyl (C=O) groups excluding carboxylic acids is 2. The summed E-state index contributed by atoms with van der Waals surface area (Å²) in [7, 11) is 1.87. The molecule has 3 saturated heterocycles. The summed E-state index contributed by atoms with van der Waals surface area (Å²) < 4.78 is 1.80. The summed E-state index contributed by atoms with van der Waals surface area (Å²) in [5, 5.41) is 0. The van der Waals surface area contributed by atoms with Crippen LogP contribution in [0.3, 0.4) is 0 Å². The monoisotopic (exact) mass is 372 g/mol. The van der Waals surface area contributed by atoms with E-state index in [9.17, 15) is 9.59 Å². The lowest BCUT2D eigenvalue weighted by atomic mass is 9.70. The SMILES string of the molecule is CC(C)CC[C@H]1[C@H]2C[C@H](CN(C(=O)c3cncn3C)C2)[C@@H]2CCCC(=O)N21. The molecule has 4 rings (SSSR count). The van der Waals surface area contributed by atoms with Gasteiger partial charge in [-0.3, -0.25) is 9.59 Å². The third-order valence-corrected chi connectivity index (χ3v) is 6.86.